The second-order valence-electron chi connectivity index (χ2n) is 2.99. The van der Waals surface area contributed by atoms with Crippen LogP contribution in [0.1, 0.15) is 11.1 Å². The van der Waals surface area contributed by atoms with Crippen LogP contribution in [0.2, 0.25) is 0 Å². The first kappa shape index (κ1) is 12.9. The Kier molecular flexibility index (Phi) is 3.95. The molecule has 0 unspecified atom stereocenters. The molecule has 17 heavy (non-hydrogen) atoms. The largest absolute Gasteiger partial charge is 0.417 e. The summed E-state index contributed by atoms with van der Waals surface area (Å²) in [6, 6.07) is 0.728. The molecule has 0 aromatic carbocycles. The van der Waals surface area contributed by atoms with Crippen molar-refractivity contribution in [2.45, 2.75) is 6.18 Å². The Bertz CT molecular complexity index is 526. The fourth-order valence-corrected chi connectivity index (χ4v) is 1.05. The monoisotopic (exact) mass is 244 g/mol. The van der Waals surface area contributed by atoms with Crippen LogP contribution in [0, 0.1) is 0 Å². The number of halogens is 3. The van der Waals surface area contributed by atoms with Crippen molar-refractivity contribution < 1.29 is 13.2 Å². The second-order valence-corrected chi connectivity index (χ2v) is 2.99. The highest BCUT2D eigenvalue weighted by Gasteiger charge is 2.31. The Morgan fingerprint density at radius 2 is 2.24 bits per heavy atom. The summed E-state index contributed by atoms with van der Waals surface area (Å²) in [5, 5.41) is 3.15. The molecule has 0 amide bonds. The van der Waals surface area contributed by atoms with E-state index in [1.54, 1.807) is 0 Å². The van der Waals surface area contributed by atoms with Crippen molar-refractivity contribution in [3.63, 3.8) is 0 Å². The molecule has 1 rings (SSSR count). The Balaban J connectivity index is 3.03. The average Bonchev–Trinajstić information content (AvgIpc) is 2.25. The van der Waals surface area contributed by atoms with Gasteiger partial charge in [-0.1, -0.05) is 17.3 Å². The molecule has 0 aliphatic carbocycles. The number of H-pyrrole nitrogens is 1. The zero-order chi connectivity index (χ0) is 12.9. The van der Waals surface area contributed by atoms with Gasteiger partial charge in [-0.05, 0) is 11.6 Å². The van der Waals surface area contributed by atoms with Crippen LogP contribution in [0.4, 0.5) is 13.2 Å². The molecule has 1 aromatic heterocycles. The number of aromatic nitrogens is 1. The smallest absolute Gasteiger partial charge is 0.328 e. The van der Waals surface area contributed by atoms with Crippen molar-refractivity contribution in [3.8, 4) is 0 Å². The molecule has 90 valence electrons. The van der Waals surface area contributed by atoms with Crippen LogP contribution in [-0.4, -0.2) is 11.5 Å². The molecule has 1 heterocycles. The third-order valence-corrected chi connectivity index (χ3v) is 1.81. The van der Waals surface area contributed by atoms with Crippen molar-refractivity contribution >= 4 is 6.08 Å². The molecule has 1 aromatic rings. The Hall–Kier alpha value is -2.21. The lowest BCUT2D eigenvalue weighted by Gasteiger charge is -2.05. The molecule has 0 saturated carbocycles. The van der Waals surface area contributed by atoms with E-state index in [0.29, 0.717) is 6.20 Å². The van der Waals surface area contributed by atoms with E-state index in [1.807, 2.05) is 4.98 Å². The van der Waals surface area contributed by atoms with E-state index < -0.39 is 17.3 Å². The van der Waals surface area contributed by atoms with Crippen molar-refractivity contribution in [1.82, 2.24) is 4.98 Å². The first-order valence-electron chi connectivity index (χ1n) is 4.42. The lowest BCUT2D eigenvalue weighted by molar-refractivity contribution is -0.137. The minimum atomic E-state index is -4.52. The first-order valence-corrected chi connectivity index (χ1v) is 4.42. The maximum Gasteiger partial charge on any atom is 0.417 e. The van der Waals surface area contributed by atoms with Crippen LogP contribution in [0.5, 0.6) is 0 Å². The minimum absolute atomic E-state index is 0.0355. The molecule has 0 radical (unpaired) electrons. The van der Waals surface area contributed by atoms with Gasteiger partial charge in [-0.3, -0.25) is 4.79 Å². The summed E-state index contributed by atoms with van der Waals surface area (Å²) in [4.78, 5) is 15.6. The fourth-order valence-electron chi connectivity index (χ4n) is 1.05. The van der Waals surface area contributed by atoms with E-state index in [4.69, 9.17) is 5.53 Å². The number of pyridine rings is 1. The van der Waals surface area contributed by atoms with E-state index in [0.717, 1.165) is 6.07 Å². The van der Waals surface area contributed by atoms with Gasteiger partial charge in [-0.15, -0.1) is 0 Å². The van der Waals surface area contributed by atoms with Crippen molar-refractivity contribution in [2.24, 2.45) is 5.11 Å². The number of azide groups is 1. The summed E-state index contributed by atoms with van der Waals surface area (Å²) >= 11 is 0. The number of hydrogen-bond acceptors (Lipinski definition) is 2. The zero-order valence-electron chi connectivity index (χ0n) is 8.40. The second kappa shape index (κ2) is 5.22. The maximum atomic E-state index is 12.3. The van der Waals surface area contributed by atoms with Crippen molar-refractivity contribution in [1.29, 1.82) is 0 Å². The van der Waals surface area contributed by atoms with Crippen LogP contribution < -0.4 is 5.56 Å². The van der Waals surface area contributed by atoms with Gasteiger partial charge in [-0.2, -0.15) is 13.2 Å². The maximum absolute atomic E-state index is 12.3. The average molecular weight is 244 g/mol. The van der Waals surface area contributed by atoms with E-state index in [2.05, 4.69) is 10.0 Å². The molecule has 0 atom stereocenters. The SMILES string of the molecule is [N-]=[N+]=NCC=Cc1cc(C(F)(F)F)c[nH]c1=O. The molecule has 0 bridgehead atoms. The van der Waals surface area contributed by atoms with Gasteiger partial charge in [-0.25, -0.2) is 0 Å². The molecule has 0 spiro atoms. The number of nitrogens with zero attached hydrogens (tertiary/aromatic N) is 3. The Labute approximate surface area is 93.2 Å². The molecule has 0 fully saturated rings. The summed E-state index contributed by atoms with van der Waals surface area (Å²) in [6.07, 6.45) is -1.45. The predicted molar refractivity (Wildman–Crippen MR) is 55.1 cm³/mol. The Morgan fingerprint density at radius 3 is 2.82 bits per heavy atom. The van der Waals surface area contributed by atoms with Gasteiger partial charge >= 0.3 is 6.18 Å². The van der Waals surface area contributed by atoms with Crippen LogP contribution in [0.25, 0.3) is 16.5 Å². The lowest BCUT2D eigenvalue weighted by atomic mass is 10.2. The van der Waals surface area contributed by atoms with E-state index in [-0.39, 0.29) is 12.1 Å². The lowest BCUT2D eigenvalue weighted by Crippen LogP contribution is -2.14. The van der Waals surface area contributed by atoms with Gasteiger partial charge in [0, 0.05) is 23.2 Å². The highest BCUT2D eigenvalue weighted by molar-refractivity contribution is 5.49. The van der Waals surface area contributed by atoms with Gasteiger partial charge < -0.3 is 4.98 Å². The number of hydrogen-bond donors (Lipinski definition) is 1. The Morgan fingerprint density at radius 1 is 1.53 bits per heavy atom. The summed E-state index contributed by atoms with van der Waals surface area (Å²) in [6.45, 7) is -0.0355. The highest BCUT2D eigenvalue weighted by atomic mass is 19.4. The molecule has 0 aliphatic rings. The quantitative estimate of drug-likeness (QED) is 0.495. The summed E-state index contributed by atoms with van der Waals surface area (Å²) in [5.74, 6) is 0. The fraction of sp³-hybridized carbons (Fsp3) is 0.222. The van der Waals surface area contributed by atoms with Crippen molar-refractivity contribution in [2.75, 3.05) is 6.54 Å². The molecule has 8 heteroatoms. The summed E-state index contributed by atoms with van der Waals surface area (Å²) < 4.78 is 37.0. The number of rotatable bonds is 3. The number of alkyl halides is 3. The van der Waals surface area contributed by atoms with Gasteiger partial charge in [0.2, 0.25) is 0 Å². The van der Waals surface area contributed by atoms with Crippen LogP contribution in [-0.2, 0) is 6.18 Å². The van der Waals surface area contributed by atoms with Gasteiger partial charge in [0.1, 0.15) is 0 Å². The standard InChI is InChI=1S/C9H7F3N4O/c10-9(11,12)7-4-6(8(17)14-5-7)2-1-3-15-16-13/h1-2,4-5H,3H2,(H,14,17). The molecule has 5 nitrogen and oxygen atoms in total. The first-order chi connectivity index (χ1) is 7.95. The predicted octanol–water partition coefficient (Wildman–Crippen LogP) is 2.72. The van der Waals surface area contributed by atoms with Crippen molar-refractivity contribution in [3.05, 3.63) is 50.3 Å². The van der Waals surface area contributed by atoms with Gasteiger partial charge in [0.15, 0.2) is 0 Å². The number of nitrogens with one attached hydrogen (secondary N) is 1. The minimum Gasteiger partial charge on any atom is -0.328 e. The normalized spacial score (nSPS) is 11.5. The molecule has 0 aliphatic heterocycles. The summed E-state index contributed by atoms with van der Waals surface area (Å²) in [5.41, 5.74) is 6.24. The third-order valence-electron chi connectivity index (χ3n) is 1.81. The molecular weight excluding hydrogens is 237 g/mol. The van der Waals surface area contributed by atoms with Gasteiger partial charge in [0.05, 0.1) is 5.56 Å². The van der Waals surface area contributed by atoms with E-state index in [9.17, 15) is 18.0 Å². The number of aromatic amines is 1. The molecular formula is C9H7F3N4O. The topological polar surface area (TPSA) is 81.6 Å². The van der Waals surface area contributed by atoms with Crippen LogP contribution in [0.3, 0.4) is 0 Å². The van der Waals surface area contributed by atoms with E-state index >= 15 is 0 Å². The van der Waals surface area contributed by atoms with Gasteiger partial charge in [0.25, 0.3) is 5.56 Å². The molecule has 0 saturated heterocycles. The molecule has 1 N–H and O–H groups in total. The van der Waals surface area contributed by atoms with Crippen LogP contribution in [0.15, 0.2) is 28.2 Å². The summed E-state index contributed by atoms with van der Waals surface area (Å²) in [7, 11) is 0. The van der Waals surface area contributed by atoms with Crippen LogP contribution >= 0.6 is 0 Å². The third kappa shape index (κ3) is 3.69. The zero-order valence-corrected chi connectivity index (χ0v) is 8.40. The van der Waals surface area contributed by atoms with E-state index in [1.165, 1.54) is 12.2 Å². The highest BCUT2D eigenvalue weighted by Crippen LogP contribution is 2.28.